The van der Waals surface area contributed by atoms with Crippen LogP contribution in [-0.4, -0.2) is 47.5 Å². The smallest absolute Gasteiger partial charge is 0.0587 e. The lowest BCUT2D eigenvalue weighted by Gasteiger charge is -2.24. The van der Waals surface area contributed by atoms with E-state index < -0.39 is 0 Å². The number of aliphatic hydroxyl groups is 2. The van der Waals surface area contributed by atoms with E-state index >= 15 is 0 Å². The fourth-order valence-corrected chi connectivity index (χ4v) is 1.65. The van der Waals surface area contributed by atoms with Gasteiger partial charge in [-0.3, -0.25) is 4.90 Å². The van der Waals surface area contributed by atoms with Crippen molar-refractivity contribution in [1.29, 1.82) is 0 Å². The third-order valence-corrected chi connectivity index (χ3v) is 2.33. The minimum Gasteiger partial charge on any atom is -0.396 e. The summed E-state index contributed by atoms with van der Waals surface area (Å²) in [4.78, 5) is 2.26. The summed E-state index contributed by atoms with van der Waals surface area (Å²) in [6, 6.07) is 0.197. The second-order valence-corrected chi connectivity index (χ2v) is 3.09. The van der Waals surface area contributed by atoms with Crippen LogP contribution in [0.4, 0.5) is 0 Å². The maximum absolute atomic E-state index is 8.96. The Morgan fingerprint density at radius 3 is 2.27 bits per heavy atom. The fraction of sp³-hybridized carbons (Fsp3) is 1.00. The quantitative estimate of drug-likeness (QED) is 0.598. The second kappa shape index (κ2) is 4.70. The summed E-state index contributed by atoms with van der Waals surface area (Å²) in [5, 5.41) is 17.7. The van der Waals surface area contributed by atoms with Crippen LogP contribution in [0.25, 0.3) is 0 Å². The average Bonchev–Trinajstić information content (AvgIpc) is 2.52. The molecule has 1 fully saturated rings. The van der Waals surface area contributed by atoms with E-state index in [1.807, 2.05) is 0 Å². The van der Waals surface area contributed by atoms with Crippen molar-refractivity contribution >= 4 is 0 Å². The number of nitrogens with zero attached hydrogens (tertiary/aromatic N) is 1. The first kappa shape index (κ1) is 8.97. The lowest BCUT2D eigenvalue weighted by Crippen LogP contribution is -2.36. The zero-order chi connectivity index (χ0) is 8.10. The molecule has 0 aromatic heterocycles. The number of rotatable bonds is 4. The molecular formula is C8H17NO2. The molecular weight excluding hydrogens is 142 g/mol. The molecule has 3 nitrogen and oxygen atoms in total. The van der Waals surface area contributed by atoms with Crippen LogP contribution >= 0.6 is 0 Å². The molecule has 1 rings (SSSR count). The number of hydrogen-bond donors (Lipinski definition) is 2. The summed E-state index contributed by atoms with van der Waals surface area (Å²) in [5.41, 5.74) is 0. The van der Waals surface area contributed by atoms with Crippen molar-refractivity contribution < 1.29 is 10.2 Å². The predicted octanol–water partition coefficient (Wildman–Crippen LogP) is -0.175. The molecule has 1 heterocycles. The van der Waals surface area contributed by atoms with E-state index in [-0.39, 0.29) is 19.3 Å². The third-order valence-electron chi connectivity index (χ3n) is 2.33. The Hall–Kier alpha value is -0.120. The Balaban J connectivity index is 2.27. The first-order chi connectivity index (χ1) is 5.38. The molecule has 66 valence electrons. The van der Waals surface area contributed by atoms with Crippen molar-refractivity contribution in [2.75, 3.05) is 26.3 Å². The topological polar surface area (TPSA) is 43.7 Å². The number of hydrogen-bond acceptors (Lipinski definition) is 3. The lowest BCUT2D eigenvalue weighted by molar-refractivity contribution is 0.119. The third kappa shape index (κ3) is 2.43. The van der Waals surface area contributed by atoms with E-state index in [2.05, 4.69) is 4.90 Å². The zero-order valence-corrected chi connectivity index (χ0v) is 6.87. The van der Waals surface area contributed by atoms with Crippen molar-refractivity contribution in [3.63, 3.8) is 0 Å². The summed E-state index contributed by atoms with van der Waals surface area (Å²) in [6.07, 6.45) is 3.18. The molecule has 0 amide bonds. The van der Waals surface area contributed by atoms with Gasteiger partial charge in [-0.15, -0.1) is 0 Å². The van der Waals surface area contributed by atoms with Crippen LogP contribution in [0.5, 0.6) is 0 Å². The predicted molar refractivity (Wildman–Crippen MR) is 43.4 cm³/mol. The highest BCUT2D eigenvalue weighted by atomic mass is 16.3. The van der Waals surface area contributed by atoms with Gasteiger partial charge in [0.1, 0.15) is 0 Å². The molecule has 0 bridgehead atoms. The number of likely N-dealkylation sites (tertiary alicyclic amines) is 1. The van der Waals surface area contributed by atoms with Crippen molar-refractivity contribution in [3.8, 4) is 0 Å². The van der Waals surface area contributed by atoms with Crippen LogP contribution in [0.1, 0.15) is 19.3 Å². The molecule has 1 saturated heterocycles. The van der Waals surface area contributed by atoms with Gasteiger partial charge in [-0.05, 0) is 32.4 Å². The fourth-order valence-electron chi connectivity index (χ4n) is 1.65. The van der Waals surface area contributed by atoms with Crippen LogP contribution in [0, 0.1) is 0 Å². The lowest BCUT2D eigenvalue weighted by atomic mass is 10.2. The van der Waals surface area contributed by atoms with Gasteiger partial charge >= 0.3 is 0 Å². The first-order valence-electron chi connectivity index (χ1n) is 4.34. The largest absolute Gasteiger partial charge is 0.396 e. The maximum Gasteiger partial charge on any atom is 0.0587 e. The monoisotopic (exact) mass is 159 g/mol. The van der Waals surface area contributed by atoms with Crippen molar-refractivity contribution in [3.05, 3.63) is 0 Å². The first-order valence-corrected chi connectivity index (χ1v) is 4.34. The van der Waals surface area contributed by atoms with Gasteiger partial charge in [0.15, 0.2) is 0 Å². The summed E-state index contributed by atoms with van der Waals surface area (Å²) < 4.78 is 0. The van der Waals surface area contributed by atoms with Gasteiger partial charge in [0, 0.05) is 12.6 Å². The molecule has 1 aliphatic rings. The van der Waals surface area contributed by atoms with Crippen molar-refractivity contribution in [1.82, 2.24) is 4.90 Å². The highest BCUT2D eigenvalue weighted by Gasteiger charge is 2.19. The van der Waals surface area contributed by atoms with Crippen molar-refractivity contribution in [2.45, 2.75) is 25.3 Å². The van der Waals surface area contributed by atoms with Gasteiger partial charge in [0.25, 0.3) is 0 Å². The number of aliphatic hydroxyl groups excluding tert-OH is 2. The van der Waals surface area contributed by atoms with Crippen LogP contribution < -0.4 is 0 Å². The van der Waals surface area contributed by atoms with E-state index in [0.717, 1.165) is 13.1 Å². The van der Waals surface area contributed by atoms with Gasteiger partial charge in [-0.1, -0.05) is 0 Å². The molecule has 0 spiro atoms. The van der Waals surface area contributed by atoms with E-state index in [9.17, 15) is 0 Å². The van der Waals surface area contributed by atoms with E-state index in [1.54, 1.807) is 0 Å². The normalized spacial score (nSPS) is 22.4. The van der Waals surface area contributed by atoms with Gasteiger partial charge < -0.3 is 10.2 Å². The van der Waals surface area contributed by atoms with Gasteiger partial charge in [0.05, 0.1) is 6.61 Å². The molecule has 2 N–H and O–H groups in total. The molecule has 3 heteroatoms. The second-order valence-electron chi connectivity index (χ2n) is 3.09. The molecule has 11 heavy (non-hydrogen) atoms. The molecule has 0 saturated carbocycles. The molecule has 1 unspecified atom stereocenters. The minimum absolute atomic E-state index is 0.181. The highest BCUT2D eigenvalue weighted by molar-refractivity contribution is 4.75. The highest BCUT2D eigenvalue weighted by Crippen LogP contribution is 2.13. The van der Waals surface area contributed by atoms with Gasteiger partial charge in [0.2, 0.25) is 0 Å². The molecule has 0 aliphatic carbocycles. The van der Waals surface area contributed by atoms with Crippen molar-refractivity contribution in [2.24, 2.45) is 0 Å². The molecule has 0 radical (unpaired) electrons. The Morgan fingerprint density at radius 1 is 1.18 bits per heavy atom. The minimum atomic E-state index is 0.181. The molecule has 1 aliphatic heterocycles. The Bertz CT molecular complexity index is 102. The van der Waals surface area contributed by atoms with Crippen LogP contribution in [0.3, 0.4) is 0 Å². The van der Waals surface area contributed by atoms with E-state index in [1.165, 1.54) is 12.8 Å². The van der Waals surface area contributed by atoms with Gasteiger partial charge in [-0.2, -0.15) is 0 Å². The van der Waals surface area contributed by atoms with Crippen LogP contribution in [0.15, 0.2) is 0 Å². The summed E-state index contributed by atoms with van der Waals surface area (Å²) in [5.74, 6) is 0. The Labute approximate surface area is 67.6 Å². The Morgan fingerprint density at radius 2 is 1.82 bits per heavy atom. The maximum atomic E-state index is 8.96. The average molecular weight is 159 g/mol. The summed E-state index contributed by atoms with van der Waals surface area (Å²) in [7, 11) is 0. The van der Waals surface area contributed by atoms with Crippen LogP contribution in [0.2, 0.25) is 0 Å². The molecule has 0 aromatic rings. The van der Waals surface area contributed by atoms with Crippen LogP contribution in [-0.2, 0) is 0 Å². The van der Waals surface area contributed by atoms with E-state index in [0.29, 0.717) is 6.42 Å². The summed E-state index contributed by atoms with van der Waals surface area (Å²) >= 11 is 0. The van der Waals surface area contributed by atoms with E-state index in [4.69, 9.17) is 10.2 Å². The van der Waals surface area contributed by atoms with Gasteiger partial charge in [-0.25, -0.2) is 0 Å². The molecule has 0 aromatic carbocycles. The summed E-state index contributed by atoms with van der Waals surface area (Å²) in [6.45, 7) is 2.54. The SMILES string of the molecule is OCCC(CO)N1CCCC1. The Kier molecular flexibility index (Phi) is 3.83. The molecule has 1 atom stereocenters. The standard InChI is InChI=1S/C8H17NO2/c10-6-3-8(7-11)9-4-1-2-5-9/h8,10-11H,1-7H2. The zero-order valence-electron chi connectivity index (χ0n) is 6.87.